The smallest absolute Gasteiger partial charge is 0.124 e. The summed E-state index contributed by atoms with van der Waals surface area (Å²) in [5.74, 6) is 0.363. The van der Waals surface area contributed by atoms with Crippen LogP contribution in [0.25, 0.3) is 0 Å². The van der Waals surface area contributed by atoms with Crippen molar-refractivity contribution in [2.24, 2.45) is 0 Å². The van der Waals surface area contributed by atoms with Crippen LogP contribution in [0.5, 0.6) is 5.75 Å². The first-order valence-electron chi connectivity index (χ1n) is 6.58. The van der Waals surface area contributed by atoms with E-state index in [9.17, 15) is 4.39 Å². The third-order valence-electron chi connectivity index (χ3n) is 3.19. The summed E-state index contributed by atoms with van der Waals surface area (Å²) in [6, 6.07) is 10.2. The van der Waals surface area contributed by atoms with Gasteiger partial charge in [0.15, 0.2) is 0 Å². The normalized spacial score (nSPS) is 12.2. The van der Waals surface area contributed by atoms with Gasteiger partial charge < -0.3 is 10.1 Å². The monoisotopic (exact) mass is 419 g/mol. The summed E-state index contributed by atoms with van der Waals surface area (Å²) in [6.07, 6.45) is 0. The molecule has 112 valence electrons. The van der Waals surface area contributed by atoms with Crippen molar-refractivity contribution in [1.29, 1.82) is 0 Å². The number of hydrogen-bond acceptors (Lipinski definition) is 2. The van der Waals surface area contributed by atoms with Gasteiger partial charge in [0.05, 0.1) is 18.2 Å². The van der Waals surface area contributed by atoms with E-state index in [1.807, 2.05) is 25.1 Å². The summed E-state index contributed by atoms with van der Waals surface area (Å²) in [5.41, 5.74) is 1.74. The molecule has 2 aromatic rings. The number of rotatable bonds is 5. The van der Waals surface area contributed by atoms with Crippen LogP contribution in [0, 0.1) is 9.39 Å². The molecule has 21 heavy (non-hydrogen) atoms. The SMILES string of the molecule is CCNC(c1ccc(I)c(Cl)c1)c1cc(F)ccc1OC. The molecule has 1 unspecified atom stereocenters. The van der Waals surface area contributed by atoms with E-state index in [-0.39, 0.29) is 11.9 Å². The second kappa shape index (κ2) is 7.42. The summed E-state index contributed by atoms with van der Waals surface area (Å²) >= 11 is 8.39. The molecule has 0 aliphatic rings. The Hall–Kier alpha value is -0.850. The van der Waals surface area contributed by atoms with Crippen molar-refractivity contribution in [1.82, 2.24) is 5.32 Å². The molecule has 5 heteroatoms. The summed E-state index contributed by atoms with van der Waals surface area (Å²) < 4.78 is 20.0. The standard InChI is InChI=1S/C16H16ClFINO/c1-3-20-16(10-4-6-14(19)13(17)8-10)12-9-11(18)5-7-15(12)21-2/h4-9,16,20H,3H2,1-2H3. The molecule has 0 heterocycles. The lowest BCUT2D eigenvalue weighted by Crippen LogP contribution is -2.22. The first-order valence-corrected chi connectivity index (χ1v) is 8.04. The highest BCUT2D eigenvalue weighted by Crippen LogP contribution is 2.32. The Labute approximate surface area is 142 Å². The number of halogens is 3. The first-order chi connectivity index (χ1) is 10.1. The fourth-order valence-corrected chi connectivity index (χ4v) is 2.76. The molecule has 0 aliphatic carbocycles. The molecule has 2 aromatic carbocycles. The van der Waals surface area contributed by atoms with Crippen LogP contribution in [0.2, 0.25) is 5.02 Å². The summed E-state index contributed by atoms with van der Waals surface area (Å²) in [7, 11) is 1.58. The van der Waals surface area contributed by atoms with Crippen molar-refractivity contribution in [3.63, 3.8) is 0 Å². The van der Waals surface area contributed by atoms with Crippen molar-refractivity contribution in [3.8, 4) is 5.75 Å². The quantitative estimate of drug-likeness (QED) is 0.704. The van der Waals surface area contributed by atoms with Crippen LogP contribution in [0.3, 0.4) is 0 Å². The summed E-state index contributed by atoms with van der Waals surface area (Å²) in [4.78, 5) is 0. The molecule has 0 saturated carbocycles. The van der Waals surface area contributed by atoms with Crippen LogP contribution < -0.4 is 10.1 Å². The van der Waals surface area contributed by atoms with Gasteiger partial charge in [-0.2, -0.15) is 0 Å². The Kier molecular flexibility index (Phi) is 5.84. The van der Waals surface area contributed by atoms with Crippen LogP contribution in [0.4, 0.5) is 4.39 Å². The van der Waals surface area contributed by atoms with E-state index in [1.165, 1.54) is 12.1 Å². The fraction of sp³-hybridized carbons (Fsp3) is 0.250. The van der Waals surface area contributed by atoms with Gasteiger partial charge in [0.25, 0.3) is 0 Å². The van der Waals surface area contributed by atoms with Crippen molar-refractivity contribution < 1.29 is 9.13 Å². The minimum absolute atomic E-state index is 0.171. The van der Waals surface area contributed by atoms with Crippen LogP contribution in [-0.2, 0) is 0 Å². The molecular weight excluding hydrogens is 404 g/mol. The molecule has 2 rings (SSSR count). The molecule has 0 spiro atoms. The molecular formula is C16H16ClFINO. The van der Waals surface area contributed by atoms with Gasteiger partial charge in [-0.05, 0) is 65.0 Å². The van der Waals surface area contributed by atoms with Gasteiger partial charge in [0.2, 0.25) is 0 Å². The number of nitrogens with one attached hydrogen (secondary N) is 1. The van der Waals surface area contributed by atoms with Gasteiger partial charge in [-0.3, -0.25) is 0 Å². The number of ether oxygens (including phenoxy) is 1. The van der Waals surface area contributed by atoms with Gasteiger partial charge in [-0.1, -0.05) is 24.6 Å². The predicted molar refractivity (Wildman–Crippen MR) is 92.6 cm³/mol. The number of hydrogen-bond donors (Lipinski definition) is 1. The van der Waals surface area contributed by atoms with Crippen LogP contribution in [-0.4, -0.2) is 13.7 Å². The minimum atomic E-state index is -0.287. The van der Waals surface area contributed by atoms with Crippen LogP contribution >= 0.6 is 34.2 Å². The molecule has 1 N–H and O–H groups in total. The Bertz CT molecular complexity index is 636. The molecule has 0 aliphatic heterocycles. The van der Waals surface area contributed by atoms with Crippen LogP contribution in [0.15, 0.2) is 36.4 Å². The van der Waals surface area contributed by atoms with E-state index in [1.54, 1.807) is 13.2 Å². The summed E-state index contributed by atoms with van der Waals surface area (Å²) in [5, 5.41) is 4.04. The molecule has 0 radical (unpaired) electrons. The zero-order valence-electron chi connectivity index (χ0n) is 11.8. The average Bonchev–Trinajstić information content (AvgIpc) is 2.48. The van der Waals surface area contributed by atoms with Crippen molar-refractivity contribution in [2.75, 3.05) is 13.7 Å². The molecule has 0 aromatic heterocycles. The lowest BCUT2D eigenvalue weighted by molar-refractivity contribution is 0.402. The largest absolute Gasteiger partial charge is 0.496 e. The van der Waals surface area contributed by atoms with E-state index < -0.39 is 0 Å². The number of methoxy groups -OCH3 is 1. The Morgan fingerprint density at radius 3 is 2.67 bits per heavy atom. The maximum Gasteiger partial charge on any atom is 0.124 e. The van der Waals surface area contributed by atoms with E-state index in [2.05, 4.69) is 27.9 Å². The van der Waals surface area contributed by atoms with E-state index in [0.717, 1.165) is 21.2 Å². The lowest BCUT2D eigenvalue weighted by atomic mass is 9.97. The third kappa shape index (κ3) is 3.87. The lowest BCUT2D eigenvalue weighted by Gasteiger charge is -2.21. The predicted octanol–water partition coefficient (Wildman–Crippen LogP) is 4.79. The topological polar surface area (TPSA) is 21.3 Å². The minimum Gasteiger partial charge on any atom is -0.496 e. The maximum atomic E-state index is 13.6. The Balaban J connectivity index is 2.52. The van der Waals surface area contributed by atoms with Gasteiger partial charge >= 0.3 is 0 Å². The van der Waals surface area contributed by atoms with Crippen molar-refractivity contribution in [2.45, 2.75) is 13.0 Å². The zero-order valence-corrected chi connectivity index (χ0v) is 14.7. The summed E-state index contributed by atoms with van der Waals surface area (Å²) in [6.45, 7) is 2.75. The second-order valence-electron chi connectivity index (χ2n) is 4.55. The highest BCUT2D eigenvalue weighted by molar-refractivity contribution is 14.1. The highest BCUT2D eigenvalue weighted by Gasteiger charge is 2.19. The van der Waals surface area contributed by atoms with E-state index >= 15 is 0 Å². The molecule has 0 amide bonds. The van der Waals surface area contributed by atoms with Gasteiger partial charge in [0.1, 0.15) is 11.6 Å². The van der Waals surface area contributed by atoms with E-state index in [0.29, 0.717) is 10.8 Å². The maximum absolute atomic E-state index is 13.6. The Morgan fingerprint density at radius 2 is 2.05 bits per heavy atom. The molecule has 1 atom stereocenters. The molecule has 2 nitrogen and oxygen atoms in total. The average molecular weight is 420 g/mol. The van der Waals surface area contributed by atoms with Gasteiger partial charge in [0, 0.05) is 9.13 Å². The molecule has 0 saturated heterocycles. The zero-order chi connectivity index (χ0) is 15.4. The van der Waals surface area contributed by atoms with Crippen molar-refractivity contribution >= 4 is 34.2 Å². The van der Waals surface area contributed by atoms with Gasteiger partial charge in [-0.15, -0.1) is 0 Å². The first kappa shape index (κ1) is 16.5. The molecule has 0 bridgehead atoms. The number of benzene rings is 2. The fourth-order valence-electron chi connectivity index (χ4n) is 2.23. The van der Waals surface area contributed by atoms with E-state index in [4.69, 9.17) is 16.3 Å². The third-order valence-corrected chi connectivity index (χ3v) is 4.76. The molecule has 0 fully saturated rings. The Morgan fingerprint density at radius 1 is 1.29 bits per heavy atom. The van der Waals surface area contributed by atoms with Gasteiger partial charge in [-0.25, -0.2) is 4.39 Å². The highest BCUT2D eigenvalue weighted by atomic mass is 127. The second-order valence-corrected chi connectivity index (χ2v) is 6.12. The van der Waals surface area contributed by atoms with Crippen molar-refractivity contribution in [3.05, 3.63) is 61.9 Å². The van der Waals surface area contributed by atoms with Crippen LogP contribution in [0.1, 0.15) is 24.1 Å².